The van der Waals surface area contributed by atoms with E-state index >= 15 is 0 Å². The van der Waals surface area contributed by atoms with Crippen LogP contribution < -0.4 is 10.5 Å². The molecule has 0 aliphatic carbocycles. The molecule has 0 saturated carbocycles. The van der Waals surface area contributed by atoms with Crippen molar-refractivity contribution in [1.29, 1.82) is 0 Å². The molecular weight excluding hydrogens is 404 g/mol. The van der Waals surface area contributed by atoms with Crippen molar-refractivity contribution in [3.63, 3.8) is 0 Å². The van der Waals surface area contributed by atoms with Crippen LogP contribution in [0.2, 0.25) is 0 Å². The van der Waals surface area contributed by atoms with E-state index in [-0.39, 0.29) is 11.4 Å². The Morgan fingerprint density at radius 2 is 2.11 bits per heavy atom. The lowest BCUT2D eigenvalue weighted by Gasteiger charge is -2.26. The highest BCUT2D eigenvalue weighted by atomic mass is 32.2. The quantitative estimate of drug-likeness (QED) is 0.493. The fourth-order valence-corrected chi connectivity index (χ4v) is 4.83. The van der Waals surface area contributed by atoms with Crippen molar-refractivity contribution in [3.05, 3.63) is 75.3 Å². The molecule has 0 bridgehead atoms. The van der Waals surface area contributed by atoms with E-state index in [1.165, 1.54) is 53.7 Å². The van der Waals surface area contributed by atoms with Crippen molar-refractivity contribution in [2.75, 3.05) is 6.54 Å². The van der Waals surface area contributed by atoms with E-state index in [2.05, 4.69) is 4.72 Å². The van der Waals surface area contributed by atoms with E-state index in [1.807, 2.05) is 0 Å². The number of rotatable bonds is 6. The van der Waals surface area contributed by atoms with Crippen molar-refractivity contribution in [2.45, 2.75) is 10.5 Å². The Kier molecular flexibility index (Phi) is 4.50. The maximum Gasteiger partial charge on any atom is 0.419 e. The summed E-state index contributed by atoms with van der Waals surface area (Å²) in [6.07, 6.45) is 2.79. The van der Waals surface area contributed by atoms with E-state index < -0.39 is 21.4 Å². The number of furan rings is 1. The molecule has 10 heteroatoms. The minimum Gasteiger partial charge on any atom is -0.472 e. The highest BCUT2D eigenvalue weighted by molar-refractivity contribution is 7.89. The Morgan fingerprint density at radius 1 is 1.29 bits per heavy atom. The van der Waals surface area contributed by atoms with Crippen LogP contribution in [0.1, 0.15) is 10.4 Å². The second-order valence-corrected chi connectivity index (χ2v) is 8.95. The van der Waals surface area contributed by atoms with Gasteiger partial charge in [0.2, 0.25) is 10.0 Å². The number of nitrogens with zero attached hydrogens (tertiary/aromatic N) is 1. The Hall–Kier alpha value is -2.66. The van der Waals surface area contributed by atoms with Crippen molar-refractivity contribution < 1.29 is 22.4 Å². The van der Waals surface area contributed by atoms with Crippen molar-refractivity contribution in [2.24, 2.45) is 7.05 Å². The van der Waals surface area contributed by atoms with Gasteiger partial charge in [-0.05, 0) is 35.7 Å². The Labute approximate surface area is 163 Å². The third-order valence-electron chi connectivity index (χ3n) is 4.52. The first-order valence-electron chi connectivity index (χ1n) is 8.19. The van der Waals surface area contributed by atoms with Crippen molar-refractivity contribution >= 4 is 32.5 Å². The number of oxazole rings is 1. The first-order chi connectivity index (χ1) is 13.3. The zero-order chi connectivity index (χ0) is 19.9. The van der Waals surface area contributed by atoms with Gasteiger partial charge in [0, 0.05) is 24.0 Å². The summed E-state index contributed by atoms with van der Waals surface area (Å²) in [5.74, 6) is -0.579. The van der Waals surface area contributed by atoms with Crippen LogP contribution in [-0.4, -0.2) is 24.6 Å². The van der Waals surface area contributed by atoms with Gasteiger partial charge in [-0.25, -0.2) is 17.9 Å². The van der Waals surface area contributed by atoms with Gasteiger partial charge in [0.15, 0.2) is 5.58 Å². The molecule has 0 unspecified atom stereocenters. The first kappa shape index (κ1) is 18.7. The number of sulfonamides is 1. The molecule has 0 spiro atoms. The van der Waals surface area contributed by atoms with Crippen LogP contribution in [0.5, 0.6) is 0 Å². The first-order valence-corrected chi connectivity index (χ1v) is 10.6. The molecule has 0 amide bonds. The van der Waals surface area contributed by atoms with Crippen LogP contribution in [0.4, 0.5) is 0 Å². The molecule has 1 atom stereocenters. The topological polar surface area (TPSA) is 115 Å². The number of aryl methyl sites for hydroxylation is 1. The molecule has 0 fully saturated rings. The Bertz CT molecular complexity index is 1230. The van der Waals surface area contributed by atoms with Gasteiger partial charge in [0.05, 0.1) is 22.9 Å². The number of aromatic nitrogens is 1. The highest BCUT2D eigenvalue weighted by Crippen LogP contribution is 2.33. The van der Waals surface area contributed by atoms with Gasteiger partial charge in [0.1, 0.15) is 5.60 Å². The standard InChI is InChI=1S/C18H16N2O6S2/c1-20-14-9-13(4-5-15(14)26-17(20)21)28(23,24)19-11-18(22,12-6-7-25-10-12)16-3-2-8-27-16/h2-10,19,22H,11H2,1H3/t18-/m0/s1. The lowest BCUT2D eigenvalue weighted by Crippen LogP contribution is -2.40. The molecule has 4 aromatic rings. The summed E-state index contributed by atoms with van der Waals surface area (Å²) >= 11 is 1.30. The molecule has 1 aromatic carbocycles. The normalized spacial score (nSPS) is 14.4. The van der Waals surface area contributed by atoms with Gasteiger partial charge in [-0.15, -0.1) is 11.3 Å². The Morgan fingerprint density at radius 3 is 2.79 bits per heavy atom. The van der Waals surface area contributed by atoms with Crippen LogP contribution in [0.25, 0.3) is 11.1 Å². The third-order valence-corrected chi connectivity index (χ3v) is 6.94. The molecule has 0 aliphatic rings. The molecule has 0 aliphatic heterocycles. The van der Waals surface area contributed by atoms with Gasteiger partial charge in [-0.3, -0.25) is 4.57 Å². The van der Waals surface area contributed by atoms with Gasteiger partial charge < -0.3 is 13.9 Å². The van der Waals surface area contributed by atoms with Crippen molar-refractivity contribution in [1.82, 2.24) is 9.29 Å². The van der Waals surface area contributed by atoms with Crippen LogP contribution in [-0.2, 0) is 22.7 Å². The van der Waals surface area contributed by atoms with E-state index in [0.717, 1.165) is 0 Å². The van der Waals surface area contributed by atoms with Crippen LogP contribution in [0.3, 0.4) is 0 Å². The van der Waals surface area contributed by atoms with E-state index in [9.17, 15) is 18.3 Å². The van der Waals surface area contributed by atoms with Gasteiger partial charge in [-0.2, -0.15) is 0 Å². The summed E-state index contributed by atoms with van der Waals surface area (Å²) in [6.45, 7) is -0.294. The number of nitrogens with one attached hydrogen (secondary N) is 1. The fourth-order valence-electron chi connectivity index (χ4n) is 2.90. The maximum atomic E-state index is 12.8. The highest BCUT2D eigenvalue weighted by Gasteiger charge is 2.35. The number of aliphatic hydroxyl groups is 1. The molecular formula is C18H16N2O6S2. The van der Waals surface area contributed by atoms with E-state index in [4.69, 9.17) is 8.83 Å². The number of thiophene rings is 1. The van der Waals surface area contributed by atoms with Gasteiger partial charge in [-0.1, -0.05) is 6.07 Å². The lowest BCUT2D eigenvalue weighted by molar-refractivity contribution is 0.0892. The molecule has 28 heavy (non-hydrogen) atoms. The number of hydrogen-bond donors (Lipinski definition) is 2. The third kappa shape index (κ3) is 3.10. The average molecular weight is 420 g/mol. The minimum absolute atomic E-state index is 0.0443. The van der Waals surface area contributed by atoms with E-state index in [1.54, 1.807) is 23.6 Å². The monoisotopic (exact) mass is 420 g/mol. The largest absolute Gasteiger partial charge is 0.472 e. The van der Waals surface area contributed by atoms with Crippen LogP contribution >= 0.6 is 11.3 Å². The number of fused-ring (bicyclic) bond motifs is 1. The number of hydrogen-bond acceptors (Lipinski definition) is 7. The zero-order valence-electron chi connectivity index (χ0n) is 14.7. The van der Waals surface area contributed by atoms with Gasteiger partial charge in [0.25, 0.3) is 0 Å². The number of benzene rings is 1. The lowest BCUT2D eigenvalue weighted by atomic mass is 9.95. The Balaban J connectivity index is 1.67. The second kappa shape index (κ2) is 6.74. The van der Waals surface area contributed by atoms with Gasteiger partial charge >= 0.3 is 5.76 Å². The smallest absolute Gasteiger partial charge is 0.419 e. The van der Waals surface area contributed by atoms with Crippen LogP contribution in [0, 0.1) is 0 Å². The van der Waals surface area contributed by atoms with E-state index in [0.29, 0.717) is 21.5 Å². The summed E-state index contributed by atoms with van der Waals surface area (Å²) in [7, 11) is -2.48. The van der Waals surface area contributed by atoms with Crippen LogP contribution in [0.15, 0.2) is 72.8 Å². The average Bonchev–Trinajstić information content (AvgIpc) is 3.43. The molecule has 4 rings (SSSR count). The molecule has 3 heterocycles. The SMILES string of the molecule is Cn1c(=O)oc2ccc(S(=O)(=O)NC[C@](O)(c3ccoc3)c3cccs3)cc21. The molecule has 3 aromatic heterocycles. The molecule has 2 N–H and O–H groups in total. The summed E-state index contributed by atoms with van der Waals surface area (Å²) in [5, 5.41) is 13.0. The molecule has 0 radical (unpaired) electrons. The fraction of sp³-hybridized carbons (Fsp3) is 0.167. The predicted octanol–water partition coefficient (Wildman–Crippen LogP) is 2.00. The van der Waals surface area contributed by atoms with Crippen molar-refractivity contribution in [3.8, 4) is 0 Å². The maximum absolute atomic E-state index is 12.8. The molecule has 146 valence electrons. The second-order valence-electron chi connectivity index (χ2n) is 6.23. The minimum atomic E-state index is -3.97. The predicted molar refractivity (Wildman–Crippen MR) is 103 cm³/mol. The zero-order valence-corrected chi connectivity index (χ0v) is 16.3. The summed E-state index contributed by atoms with van der Waals surface area (Å²) < 4.78 is 39.4. The summed E-state index contributed by atoms with van der Waals surface area (Å²) in [6, 6.07) is 9.20. The molecule has 0 saturated heterocycles. The summed E-state index contributed by atoms with van der Waals surface area (Å²) in [4.78, 5) is 12.1. The molecule has 8 nitrogen and oxygen atoms in total. The summed E-state index contributed by atoms with van der Waals surface area (Å²) in [5.41, 5.74) is -0.498.